The molecule has 1 aliphatic heterocycles. The molecule has 1 aromatic heterocycles. The van der Waals surface area contributed by atoms with Crippen molar-refractivity contribution >= 4 is 11.8 Å². The second-order valence-electron chi connectivity index (χ2n) is 4.51. The minimum Gasteiger partial charge on any atom is -0.361 e. The van der Waals surface area contributed by atoms with Gasteiger partial charge in [-0.3, -0.25) is 4.99 Å². The standard InChI is InChI=1S/C14H18N2/c1-8-6-15-13(10(8)3)12(5)14-11(4)9(2)7-16-14/h6-7,15H,1-5H3/b14-12-. The summed E-state index contributed by atoms with van der Waals surface area (Å²) in [7, 11) is 0. The van der Waals surface area contributed by atoms with E-state index in [1.807, 2.05) is 6.21 Å². The minimum atomic E-state index is 1.11. The van der Waals surface area contributed by atoms with E-state index in [0.29, 0.717) is 0 Å². The highest BCUT2D eigenvalue weighted by Gasteiger charge is 2.15. The fourth-order valence-electron chi connectivity index (χ4n) is 2.02. The smallest absolute Gasteiger partial charge is 0.0712 e. The summed E-state index contributed by atoms with van der Waals surface area (Å²) in [5.41, 5.74) is 8.71. The van der Waals surface area contributed by atoms with Crippen LogP contribution in [0.3, 0.4) is 0 Å². The molecule has 0 radical (unpaired) electrons. The van der Waals surface area contributed by atoms with Gasteiger partial charge in [-0.25, -0.2) is 0 Å². The molecule has 2 heterocycles. The van der Waals surface area contributed by atoms with E-state index in [4.69, 9.17) is 0 Å². The van der Waals surface area contributed by atoms with Gasteiger partial charge < -0.3 is 4.98 Å². The van der Waals surface area contributed by atoms with Gasteiger partial charge in [-0.1, -0.05) is 0 Å². The summed E-state index contributed by atoms with van der Waals surface area (Å²) in [6.45, 7) is 10.6. The lowest BCUT2D eigenvalue weighted by atomic mass is 10.0. The highest BCUT2D eigenvalue weighted by atomic mass is 14.8. The van der Waals surface area contributed by atoms with E-state index in [2.05, 4.69) is 50.8 Å². The van der Waals surface area contributed by atoms with E-state index in [9.17, 15) is 0 Å². The largest absolute Gasteiger partial charge is 0.361 e. The lowest BCUT2D eigenvalue weighted by Gasteiger charge is -2.06. The number of nitrogens with zero attached hydrogens (tertiary/aromatic N) is 1. The van der Waals surface area contributed by atoms with E-state index in [1.165, 1.54) is 33.5 Å². The topological polar surface area (TPSA) is 28.1 Å². The number of nitrogens with one attached hydrogen (secondary N) is 1. The van der Waals surface area contributed by atoms with Crippen molar-refractivity contribution in [1.82, 2.24) is 4.98 Å². The Kier molecular flexibility index (Phi) is 2.58. The van der Waals surface area contributed by atoms with Gasteiger partial charge in [-0.05, 0) is 62.5 Å². The molecule has 0 unspecified atom stereocenters. The molecule has 0 saturated carbocycles. The highest BCUT2D eigenvalue weighted by molar-refractivity contribution is 5.89. The van der Waals surface area contributed by atoms with Crippen molar-refractivity contribution in [3.63, 3.8) is 0 Å². The number of aliphatic imine (C=N–C) groups is 1. The summed E-state index contributed by atoms with van der Waals surface area (Å²) in [4.78, 5) is 7.82. The van der Waals surface area contributed by atoms with Gasteiger partial charge in [0, 0.05) is 18.1 Å². The molecular formula is C14H18N2. The number of aromatic amines is 1. The summed E-state index contributed by atoms with van der Waals surface area (Å²) >= 11 is 0. The van der Waals surface area contributed by atoms with Crippen molar-refractivity contribution in [2.24, 2.45) is 4.99 Å². The molecule has 0 saturated heterocycles. The first-order chi connectivity index (χ1) is 7.52. The van der Waals surface area contributed by atoms with Crippen LogP contribution in [-0.2, 0) is 0 Å². The van der Waals surface area contributed by atoms with Gasteiger partial charge >= 0.3 is 0 Å². The fraction of sp³-hybridized carbons (Fsp3) is 0.357. The van der Waals surface area contributed by atoms with Crippen LogP contribution in [0.15, 0.2) is 28.0 Å². The van der Waals surface area contributed by atoms with Crippen molar-refractivity contribution in [2.75, 3.05) is 0 Å². The van der Waals surface area contributed by atoms with E-state index < -0.39 is 0 Å². The zero-order chi connectivity index (χ0) is 11.9. The molecule has 0 aromatic carbocycles. The summed E-state index contributed by atoms with van der Waals surface area (Å²) in [6, 6.07) is 0. The van der Waals surface area contributed by atoms with Gasteiger partial charge in [-0.15, -0.1) is 0 Å². The average molecular weight is 214 g/mol. The maximum Gasteiger partial charge on any atom is 0.0712 e. The average Bonchev–Trinajstić information content (AvgIpc) is 2.74. The highest BCUT2D eigenvalue weighted by Crippen LogP contribution is 2.30. The predicted molar refractivity (Wildman–Crippen MR) is 69.7 cm³/mol. The van der Waals surface area contributed by atoms with Crippen molar-refractivity contribution in [1.29, 1.82) is 0 Å². The molecule has 2 heteroatoms. The number of aromatic nitrogens is 1. The minimum absolute atomic E-state index is 1.11. The molecule has 1 aliphatic rings. The van der Waals surface area contributed by atoms with Crippen LogP contribution in [0, 0.1) is 13.8 Å². The molecule has 2 nitrogen and oxygen atoms in total. The summed E-state index contributed by atoms with van der Waals surface area (Å²) < 4.78 is 0. The number of hydrogen-bond acceptors (Lipinski definition) is 1. The number of aryl methyl sites for hydroxylation is 1. The molecule has 0 amide bonds. The van der Waals surface area contributed by atoms with E-state index in [0.717, 1.165) is 5.70 Å². The summed E-state index contributed by atoms with van der Waals surface area (Å²) in [5, 5.41) is 0. The Morgan fingerprint density at radius 2 is 1.88 bits per heavy atom. The molecule has 0 aliphatic carbocycles. The molecule has 1 aromatic rings. The SMILES string of the molecule is CC1=C(C)/C(=C(\C)c2[nH]cc(C)c2C)N=C1. The lowest BCUT2D eigenvalue weighted by Crippen LogP contribution is -1.89. The molecule has 0 bridgehead atoms. The van der Waals surface area contributed by atoms with Gasteiger partial charge in [-0.2, -0.15) is 0 Å². The van der Waals surface area contributed by atoms with Gasteiger partial charge in [0.2, 0.25) is 0 Å². The monoisotopic (exact) mass is 214 g/mol. The van der Waals surface area contributed by atoms with E-state index in [1.54, 1.807) is 0 Å². The van der Waals surface area contributed by atoms with E-state index in [-0.39, 0.29) is 0 Å². The summed E-state index contributed by atoms with van der Waals surface area (Å²) in [5.74, 6) is 0. The van der Waals surface area contributed by atoms with Crippen molar-refractivity contribution in [2.45, 2.75) is 34.6 Å². The quantitative estimate of drug-likeness (QED) is 0.737. The van der Waals surface area contributed by atoms with Crippen LogP contribution in [0.4, 0.5) is 0 Å². The maximum absolute atomic E-state index is 4.48. The number of rotatable bonds is 1. The number of H-pyrrole nitrogens is 1. The van der Waals surface area contributed by atoms with Crippen molar-refractivity contribution in [3.8, 4) is 0 Å². The van der Waals surface area contributed by atoms with Crippen molar-refractivity contribution in [3.05, 3.63) is 39.9 Å². The lowest BCUT2D eigenvalue weighted by molar-refractivity contribution is 1.25. The van der Waals surface area contributed by atoms with Crippen LogP contribution in [0.25, 0.3) is 5.57 Å². The third-order valence-corrected chi connectivity index (χ3v) is 3.46. The molecule has 0 spiro atoms. The number of allylic oxidation sites excluding steroid dienone is 3. The second-order valence-corrected chi connectivity index (χ2v) is 4.51. The molecule has 0 fully saturated rings. The van der Waals surface area contributed by atoms with Gasteiger partial charge in [0.1, 0.15) is 0 Å². The van der Waals surface area contributed by atoms with Crippen LogP contribution in [0.1, 0.15) is 37.6 Å². The summed E-state index contributed by atoms with van der Waals surface area (Å²) in [6.07, 6.45) is 4.00. The van der Waals surface area contributed by atoms with Gasteiger partial charge in [0.25, 0.3) is 0 Å². The van der Waals surface area contributed by atoms with Gasteiger partial charge in [0.05, 0.1) is 5.70 Å². The fourth-order valence-corrected chi connectivity index (χ4v) is 2.02. The first kappa shape index (κ1) is 10.9. The van der Waals surface area contributed by atoms with Crippen LogP contribution in [0.2, 0.25) is 0 Å². The molecule has 84 valence electrons. The second kappa shape index (κ2) is 3.78. The maximum atomic E-state index is 4.48. The van der Waals surface area contributed by atoms with Crippen LogP contribution in [-0.4, -0.2) is 11.2 Å². The Labute approximate surface area is 96.8 Å². The zero-order valence-corrected chi connectivity index (χ0v) is 10.6. The third kappa shape index (κ3) is 1.54. The van der Waals surface area contributed by atoms with Crippen LogP contribution in [0.5, 0.6) is 0 Å². The number of hydrogen-bond donors (Lipinski definition) is 1. The Hall–Kier alpha value is -1.57. The first-order valence-electron chi connectivity index (χ1n) is 5.60. The molecule has 0 atom stereocenters. The Balaban J connectivity index is 2.55. The predicted octanol–water partition coefficient (Wildman–Crippen LogP) is 3.78. The van der Waals surface area contributed by atoms with Crippen LogP contribution >= 0.6 is 0 Å². The zero-order valence-electron chi connectivity index (χ0n) is 10.6. The molecule has 2 rings (SSSR count). The molecular weight excluding hydrogens is 196 g/mol. The molecule has 16 heavy (non-hydrogen) atoms. The Bertz CT molecular complexity index is 525. The van der Waals surface area contributed by atoms with E-state index >= 15 is 0 Å². The van der Waals surface area contributed by atoms with Crippen LogP contribution < -0.4 is 0 Å². The molecule has 1 N–H and O–H groups in total. The van der Waals surface area contributed by atoms with Crippen molar-refractivity contribution < 1.29 is 0 Å². The Morgan fingerprint density at radius 3 is 2.31 bits per heavy atom. The normalized spacial score (nSPS) is 18.6. The first-order valence-corrected chi connectivity index (χ1v) is 5.60. The van der Waals surface area contributed by atoms with Gasteiger partial charge in [0.15, 0.2) is 0 Å². The third-order valence-electron chi connectivity index (χ3n) is 3.46. The Morgan fingerprint density at radius 1 is 1.19 bits per heavy atom.